The molecule has 180 valence electrons. The van der Waals surface area contributed by atoms with Crippen LogP contribution in [0.4, 0.5) is 20.4 Å². The van der Waals surface area contributed by atoms with E-state index in [4.69, 9.17) is 11.6 Å². The number of aromatic nitrogens is 4. The minimum absolute atomic E-state index is 0.00691. The van der Waals surface area contributed by atoms with Gasteiger partial charge in [0.25, 0.3) is 12.3 Å². The van der Waals surface area contributed by atoms with E-state index in [-0.39, 0.29) is 29.6 Å². The van der Waals surface area contributed by atoms with Crippen LogP contribution in [0, 0.1) is 0 Å². The summed E-state index contributed by atoms with van der Waals surface area (Å²) < 4.78 is 28.9. The molecule has 0 saturated heterocycles. The van der Waals surface area contributed by atoms with E-state index in [0.29, 0.717) is 29.4 Å². The number of imidazole rings is 1. The molecule has 1 amide bonds. The largest absolute Gasteiger partial charge is 0.335 e. The Morgan fingerprint density at radius 1 is 1.14 bits per heavy atom. The smallest absolute Gasteiger partial charge is 0.300 e. The number of hydrogen-bond donors (Lipinski definition) is 1. The Bertz CT molecular complexity index is 1480. The molecule has 3 heterocycles. The van der Waals surface area contributed by atoms with Crippen molar-refractivity contribution in [3.63, 3.8) is 0 Å². The van der Waals surface area contributed by atoms with E-state index in [0.717, 1.165) is 15.7 Å². The van der Waals surface area contributed by atoms with Crippen LogP contribution in [0.2, 0.25) is 5.02 Å². The molecule has 0 unspecified atom stereocenters. The van der Waals surface area contributed by atoms with Gasteiger partial charge < -0.3 is 14.8 Å². The topological polar surface area (TPSA) is 85.1 Å². The van der Waals surface area contributed by atoms with Crippen LogP contribution in [0.5, 0.6) is 0 Å². The highest BCUT2D eigenvalue weighted by Gasteiger charge is 2.26. The molecule has 0 radical (unpaired) electrons. The fourth-order valence-corrected chi connectivity index (χ4v) is 4.35. The Hall–Kier alpha value is -3.79. The maximum Gasteiger partial charge on any atom is 0.300 e. The molecule has 0 fully saturated rings. The number of amides is 1. The normalized spacial score (nSPS) is 13.2. The maximum atomic E-state index is 13.1. The van der Waals surface area contributed by atoms with Gasteiger partial charge in [-0.1, -0.05) is 29.8 Å². The number of nitrogens with zero attached hydrogens (tertiary/aromatic N) is 5. The highest BCUT2D eigenvalue weighted by atomic mass is 35.5. The second-order valence-electron chi connectivity index (χ2n) is 8.23. The molecule has 1 aliphatic heterocycles. The molecule has 8 nitrogen and oxygen atoms in total. The third-order valence-electron chi connectivity index (χ3n) is 5.95. The molecular weight excluding hydrogens is 478 g/mol. The van der Waals surface area contributed by atoms with Gasteiger partial charge in [-0.25, -0.2) is 13.8 Å². The molecule has 35 heavy (non-hydrogen) atoms. The summed E-state index contributed by atoms with van der Waals surface area (Å²) in [6.07, 6.45) is -1.43. The molecular formula is C24H21ClF2N6O2. The number of halogens is 3. The summed E-state index contributed by atoms with van der Waals surface area (Å²) in [5.41, 5.74) is 2.46. The number of rotatable bonds is 7. The van der Waals surface area contributed by atoms with Crippen LogP contribution in [0.25, 0.3) is 11.2 Å². The Morgan fingerprint density at radius 2 is 1.91 bits per heavy atom. The van der Waals surface area contributed by atoms with Crippen molar-refractivity contribution in [1.29, 1.82) is 0 Å². The van der Waals surface area contributed by atoms with Crippen LogP contribution < -0.4 is 10.9 Å². The van der Waals surface area contributed by atoms with E-state index >= 15 is 0 Å². The molecule has 2 aromatic carbocycles. The zero-order valence-corrected chi connectivity index (χ0v) is 19.5. The van der Waals surface area contributed by atoms with Crippen LogP contribution in [0.3, 0.4) is 0 Å². The molecule has 2 aromatic heterocycles. The standard InChI is InChI=1S/C24H21ClF2N6O2/c1-2-31-11-15-5-8-17(9-18(15)23(31)35)29-24-30-22(34)20-21(28-13-32(20)12-19(26)27)33(24)10-14-3-6-16(25)7-4-14/h3-9,13,19H,2,10-12H2,1H3,(H,29,30,34). The Kier molecular flexibility index (Phi) is 5.98. The van der Waals surface area contributed by atoms with E-state index in [1.807, 2.05) is 31.2 Å². The van der Waals surface area contributed by atoms with Crippen molar-refractivity contribution in [1.82, 2.24) is 24.0 Å². The zero-order chi connectivity index (χ0) is 24.7. The first-order valence-corrected chi connectivity index (χ1v) is 11.4. The average molecular weight is 499 g/mol. The predicted molar refractivity (Wildman–Crippen MR) is 128 cm³/mol. The van der Waals surface area contributed by atoms with Gasteiger partial charge in [0.15, 0.2) is 11.2 Å². The average Bonchev–Trinajstić information content (AvgIpc) is 3.38. The first kappa shape index (κ1) is 23.0. The minimum Gasteiger partial charge on any atom is -0.335 e. The Morgan fingerprint density at radius 3 is 2.63 bits per heavy atom. The van der Waals surface area contributed by atoms with Gasteiger partial charge >= 0.3 is 5.56 Å². The lowest BCUT2D eigenvalue weighted by molar-refractivity contribution is 0.0787. The van der Waals surface area contributed by atoms with Crippen LogP contribution in [0.15, 0.2) is 53.6 Å². The number of hydrogen-bond acceptors (Lipinski definition) is 5. The zero-order valence-electron chi connectivity index (χ0n) is 18.7. The van der Waals surface area contributed by atoms with E-state index in [9.17, 15) is 18.4 Å². The van der Waals surface area contributed by atoms with Crippen LogP contribution in [-0.2, 0) is 19.6 Å². The van der Waals surface area contributed by atoms with Gasteiger partial charge in [-0.3, -0.25) is 14.2 Å². The second-order valence-corrected chi connectivity index (χ2v) is 8.67. The number of fused-ring (bicyclic) bond motifs is 2. The minimum atomic E-state index is -2.65. The fraction of sp³-hybridized carbons (Fsp3) is 0.250. The maximum absolute atomic E-state index is 13.1. The number of anilines is 2. The summed E-state index contributed by atoms with van der Waals surface area (Å²) in [5.74, 6) is 0.122. The van der Waals surface area contributed by atoms with Crippen molar-refractivity contribution < 1.29 is 13.6 Å². The fourth-order valence-electron chi connectivity index (χ4n) is 4.23. The number of alkyl halides is 2. The summed E-state index contributed by atoms with van der Waals surface area (Å²) in [6, 6.07) is 12.5. The lowest BCUT2D eigenvalue weighted by atomic mass is 10.1. The van der Waals surface area contributed by atoms with Gasteiger partial charge in [0.1, 0.15) is 0 Å². The summed E-state index contributed by atoms with van der Waals surface area (Å²) in [4.78, 5) is 35.7. The molecule has 0 saturated carbocycles. The first-order valence-electron chi connectivity index (χ1n) is 11.0. The van der Waals surface area contributed by atoms with Crippen LogP contribution in [-0.4, -0.2) is 42.9 Å². The third kappa shape index (κ3) is 4.37. The molecule has 0 aliphatic carbocycles. The predicted octanol–water partition coefficient (Wildman–Crippen LogP) is 4.28. The molecule has 0 bridgehead atoms. The van der Waals surface area contributed by atoms with Gasteiger partial charge in [0.05, 0.1) is 19.4 Å². The third-order valence-corrected chi connectivity index (χ3v) is 6.21. The van der Waals surface area contributed by atoms with Gasteiger partial charge in [-0.15, -0.1) is 0 Å². The van der Waals surface area contributed by atoms with Crippen molar-refractivity contribution in [2.45, 2.75) is 33.0 Å². The Labute approximate surface area is 203 Å². The van der Waals surface area contributed by atoms with Crippen LogP contribution in [0.1, 0.15) is 28.4 Å². The molecule has 1 aliphatic rings. The molecule has 4 aromatic rings. The Balaban J connectivity index is 1.59. The molecule has 0 spiro atoms. The van der Waals surface area contributed by atoms with Crippen molar-refractivity contribution in [2.24, 2.45) is 0 Å². The number of carbonyl (C=O) groups excluding carboxylic acids is 1. The van der Waals surface area contributed by atoms with E-state index in [1.165, 1.54) is 6.33 Å². The first-order chi connectivity index (χ1) is 16.8. The van der Waals surface area contributed by atoms with Gasteiger partial charge in [-0.2, -0.15) is 4.98 Å². The highest BCUT2D eigenvalue weighted by Crippen LogP contribution is 2.27. The van der Waals surface area contributed by atoms with Crippen molar-refractivity contribution in [3.8, 4) is 0 Å². The van der Waals surface area contributed by atoms with Gasteiger partial charge in [-0.05, 0) is 42.3 Å². The summed E-state index contributed by atoms with van der Waals surface area (Å²) in [6.45, 7) is 2.67. The highest BCUT2D eigenvalue weighted by molar-refractivity contribution is 6.30. The number of nitrogens with one attached hydrogen (secondary N) is 1. The summed E-state index contributed by atoms with van der Waals surface area (Å²) >= 11 is 6.01. The summed E-state index contributed by atoms with van der Waals surface area (Å²) in [5, 5.41) is 3.70. The van der Waals surface area contributed by atoms with Crippen molar-refractivity contribution >= 4 is 40.3 Å². The SMILES string of the molecule is CCN1Cc2ccc(Nc3nc(=O)c4c(ncn4CC(F)F)n3Cc3ccc(Cl)cc3)cc2C1=O. The van der Waals surface area contributed by atoms with E-state index in [2.05, 4.69) is 15.3 Å². The van der Waals surface area contributed by atoms with Crippen LogP contribution >= 0.6 is 11.6 Å². The van der Waals surface area contributed by atoms with E-state index < -0.39 is 18.5 Å². The van der Waals surface area contributed by atoms with Crippen molar-refractivity contribution in [2.75, 3.05) is 11.9 Å². The molecule has 5 rings (SSSR count). The molecule has 11 heteroatoms. The lowest BCUT2D eigenvalue weighted by Crippen LogP contribution is -2.23. The lowest BCUT2D eigenvalue weighted by Gasteiger charge is -2.16. The monoisotopic (exact) mass is 498 g/mol. The molecule has 0 atom stereocenters. The van der Waals surface area contributed by atoms with Gasteiger partial charge in [0.2, 0.25) is 5.95 Å². The second kappa shape index (κ2) is 9.10. The van der Waals surface area contributed by atoms with Crippen molar-refractivity contribution in [3.05, 3.63) is 80.9 Å². The van der Waals surface area contributed by atoms with E-state index in [1.54, 1.807) is 27.7 Å². The number of carbonyl (C=O) groups is 1. The summed E-state index contributed by atoms with van der Waals surface area (Å²) in [7, 11) is 0. The number of benzene rings is 2. The quantitative estimate of drug-likeness (QED) is 0.411. The van der Waals surface area contributed by atoms with Gasteiger partial charge in [0, 0.05) is 29.4 Å². The molecule has 1 N–H and O–H groups in total.